The molecule has 1 aliphatic carbocycles. The van der Waals surface area contributed by atoms with Gasteiger partial charge in [-0.25, -0.2) is 9.97 Å². The molecular formula is C15H16BrN3O. The molecule has 0 bridgehead atoms. The number of nitrogens with zero attached hydrogens (tertiary/aromatic N) is 2. The predicted molar refractivity (Wildman–Crippen MR) is 83.0 cm³/mol. The van der Waals surface area contributed by atoms with Crippen molar-refractivity contribution in [1.82, 2.24) is 9.97 Å². The summed E-state index contributed by atoms with van der Waals surface area (Å²) in [5.74, 6) is 2.23. The van der Waals surface area contributed by atoms with Crippen LogP contribution in [0.1, 0.15) is 31.4 Å². The Bertz CT molecular complexity index is 641. The third-order valence-corrected chi connectivity index (χ3v) is 4.07. The van der Waals surface area contributed by atoms with E-state index in [1.165, 1.54) is 12.8 Å². The molecule has 2 aromatic rings. The van der Waals surface area contributed by atoms with Crippen LogP contribution in [0.25, 0.3) is 11.4 Å². The first-order valence-electron chi connectivity index (χ1n) is 6.79. The van der Waals surface area contributed by atoms with Crippen molar-refractivity contribution in [3.63, 3.8) is 0 Å². The number of benzene rings is 1. The Kier molecular flexibility index (Phi) is 3.61. The van der Waals surface area contributed by atoms with Gasteiger partial charge in [0.25, 0.3) is 0 Å². The van der Waals surface area contributed by atoms with E-state index in [9.17, 15) is 5.11 Å². The largest absolute Gasteiger partial charge is 0.508 e. The van der Waals surface area contributed by atoms with Crippen molar-refractivity contribution in [3.8, 4) is 17.1 Å². The van der Waals surface area contributed by atoms with E-state index < -0.39 is 0 Å². The minimum absolute atomic E-state index is 0.229. The Labute approximate surface area is 126 Å². The van der Waals surface area contributed by atoms with Gasteiger partial charge in [-0.05, 0) is 47.8 Å². The maximum absolute atomic E-state index is 9.61. The summed E-state index contributed by atoms with van der Waals surface area (Å²) < 4.78 is 0.964. The first-order valence-corrected chi connectivity index (χ1v) is 7.59. The lowest BCUT2D eigenvalue weighted by Crippen LogP contribution is -2.05. The van der Waals surface area contributed by atoms with Crippen LogP contribution in [-0.4, -0.2) is 21.6 Å². The van der Waals surface area contributed by atoms with Gasteiger partial charge in [0, 0.05) is 18.0 Å². The van der Waals surface area contributed by atoms with Crippen molar-refractivity contribution < 1.29 is 5.11 Å². The summed E-state index contributed by atoms with van der Waals surface area (Å²) in [6, 6.07) is 7.06. The van der Waals surface area contributed by atoms with Gasteiger partial charge in [-0.3, -0.25) is 0 Å². The monoisotopic (exact) mass is 333 g/mol. The zero-order valence-corrected chi connectivity index (χ0v) is 12.8. The molecule has 1 aromatic carbocycles. The van der Waals surface area contributed by atoms with Gasteiger partial charge in [0.2, 0.25) is 0 Å². The number of aromatic nitrogens is 2. The zero-order chi connectivity index (χ0) is 14.1. The van der Waals surface area contributed by atoms with Gasteiger partial charge in [-0.1, -0.05) is 12.1 Å². The van der Waals surface area contributed by atoms with Crippen LogP contribution in [0.15, 0.2) is 28.7 Å². The molecule has 0 spiro atoms. The van der Waals surface area contributed by atoms with E-state index in [4.69, 9.17) is 0 Å². The second kappa shape index (κ2) is 5.40. The molecule has 0 radical (unpaired) electrons. The van der Waals surface area contributed by atoms with E-state index in [1.54, 1.807) is 18.2 Å². The number of aromatic hydroxyl groups is 1. The Morgan fingerprint density at radius 3 is 2.80 bits per heavy atom. The summed E-state index contributed by atoms with van der Waals surface area (Å²) in [6.07, 6.45) is 2.36. The third-order valence-electron chi connectivity index (χ3n) is 3.29. The molecule has 20 heavy (non-hydrogen) atoms. The van der Waals surface area contributed by atoms with Crippen molar-refractivity contribution in [2.24, 2.45) is 0 Å². The Hall–Kier alpha value is -1.62. The first-order chi connectivity index (χ1) is 9.69. The van der Waals surface area contributed by atoms with E-state index in [2.05, 4.69) is 31.2 Å². The summed E-state index contributed by atoms with van der Waals surface area (Å²) in [4.78, 5) is 9.24. The van der Waals surface area contributed by atoms with Gasteiger partial charge in [-0.15, -0.1) is 0 Å². The van der Waals surface area contributed by atoms with Gasteiger partial charge in [-0.2, -0.15) is 0 Å². The van der Waals surface area contributed by atoms with E-state index in [1.807, 2.05) is 13.0 Å². The number of nitrogens with one attached hydrogen (secondary N) is 1. The highest BCUT2D eigenvalue weighted by molar-refractivity contribution is 9.10. The van der Waals surface area contributed by atoms with Crippen LogP contribution in [0.2, 0.25) is 0 Å². The number of halogens is 1. The standard InChI is InChI=1S/C15H16BrN3O/c1-2-17-15-12(16)13(9-6-7-9)18-14(19-15)10-4-3-5-11(20)8-10/h3-5,8-9,20H,2,6-7H2,1H3,(H,17,18,19). The third kappa shape index (κ3) is 2.63. The van der Waals surface area contributed by atoms with Crippen molar-refractivity contribution in [2.45, 2.75) is 25.7 Å². The summed E-state index contributed by atoms with van der Waals surface area (Å²) in [6.45, 7) is 2.85. The molecule has 0 saturated heterocycles. The number of anilines is 1. The lowest BCUT2D eigenvalue weighted by Gasteiger charge is -2.12. The van der Waals surface area contributed by atoms with E-state index >= 15 is 0 Å². The van der Waals surface area contributed by atoms with Gasteiger partial charge in [0.15, 0.2) is 5.82 Å². The van der Waals surface area contributed by atoms with Gasteiger partial charge >= 0.3 is 0 Å². The summed E-state index contributed by atoms with van der Waals surface area (Å²) in [5.41, 5.74) is 1.90. The molecule has 2 N–H and O–H groups in total. The lowest BCUT2D eigenvalue weighted by atomic mass is 10.2. The van der Waals surface area contributed by atoms with Crippen molar-refractivity contribution in [1.29, 1.82) is 0 Å². The smallest absolute Gasteiger partial charge is 0.161 e. The minimum Gasteiger partial charge on any atom is -0.508 e. The molecule has 1 aromatic heterocycles. The second-order valence-electron chi connectivity index (χ2n) is 4.95. The Balaban J connectivity index is 2.10. The second-order valence-corrected chi connectivity index (χ2v) is 5.74. The van der Waals surface area contributed by atoms with Gasteiger partial charge in [0.05, 0.1) is 10.2 Å². The molecule has 3 rings (SSSR count). The molecule has 5 heteroatoms. The maximum Gasteiger partial charge on any atom is 0.161 e. The molecule has 4 nitrogen and oxygen atoms in total. The number of phenols is 1. The molecule has 1 aliphatic rings. The molecule has 1 saturated carbocycles. The molecule has 1 heterocycles. The quantitative estimate of drug-likeness (QED) is 0.890. The Morgan fingerprint density at radius 1 is 1.35 bits per heavy atom. The lowest BCUT2D eigenvalue weighted by molar-refractivity contribution is 0.475. The van der Waals surface area contributed by atoms with Crippen molar-refractivity contribution in [2.75, 3.05) is 11.9 Å². The van der Waals surface area contributed by atoms with Crippen LogP contribution in [0.5, 0.6) is 5.75 Å². The fraction of sp³-hybridized carbons (Fsp3) is 0.333. The first kappa shape index (κ1) is 13.4. The maximum atomic E-state index is 9.61. The van der Waals surface area contributed by atoms with Crippen LogP contribution < -0.4 is 5.32 Å². The molecular weight excluding hydrogens is 318 g/mol. The average Bonchev–Trinajstić information content (AvgIpc) is 3.26. The molecule has 0 amide bonds. The normalized spacial score (nSPS) is 14.3. The molecule has 0 unspecified atom stereocenters. The van der Waals surface area contributed by atoms with Gasteiger partial charge in [0.1, 0.15) is 11.6 Å². The minimum atomic E-state index is 0.229. The predicted octanol–water partition coefficient (Wildman–Crippen LogP) is 3.92. The summed E-state index contributed by atoms with van der Waals surface area (Å²) in [7, 11) is 0. The summed E-state index contributed by atoms with van der Waals surface area (Å²) in [5, 5.41) is 12.9. The molecule has 0 aliphatic heterocycles. The number of phenolic OH excluding ortho intramolecular Hbond substituents is 1. The number of rotatable bonds is 4. The molecule has 104 valence electrons. The highest BCUT2D eigenvalue weighted by Crippen LogP contribution is 2.44. The Morgan fingerprint density at radius 2 is 2.15 bits per heavy atom. The zero-order valence-electron chi connectivity index (χ0n) is 11.2. The van der Waals surface area contributed by atoms with Crippen LogP contribution in [0.4, 0.5) is 5.82 Å². The highest BCUT2D eigenvalue weighted by Gasteiger charge is 2.29. The average molecular weight is 334 g/mol. The highest BCUT2D eigenvalue weighted by atomic mass is 79.9. The number of hydrogen-bond acceptors (Lipinski definition) is 4. The van der Waals surface area contributed by atoms with E-state index in [0.29, 0.717) is 11.7 Å². The van der Waals surface area contributed by atoms with Crippen LogP contribution in [0, 0.1) is 0 Å². The van der Waals surface area contributed by atoms with Crippen LogP contribution >= 0.6 is 15.9 Å². The fourth-order valence-corrected chi connectivity index (χ4v) is 2.79. The summed E-state index contributed by atoms with van der Waals surface area (Å²) >= 11 is 3.61. The van der Waals surface area contributed by atoms with Crippen molar-refractivity contribution >= 4 is 21.7 Å². The topological polar surface area (TPSA) is 58.0 Å². The van der Waals surface area contributed by atoms with E-state index in [0.717, 1.165) is 28.1 Å². The fourth-order valence-electron chi connectivity index (χ4n) is 2.15. The van der Waals surface area contributed by atoms with Crippen molar-refractivity contribution in [3.05, 3.63) is 34.4 Å². The number of hydrogen-bond donors (Lipinski definition) is 2. The van der Waals surface area contributed by atoms with Crippen LogP contribution in [-0.2, 0) is 0 Å². The van der Waals surface area contributed by atoms with Crippen LogP contribution in [0.3, 0.4) is 0 Å². The van der Waals surface area contributed by atoms with E-state index in [-0.39, 0.29) is 5.75 Å². The molecule has 1 fully saturated rings. The van der Waals surface area contributed by atoms with Gasteiger partial charge < -0.3 is 10.4 Å². The SMILES string of the molecule is CCNc1nc(-c2cccc(O)c2)nc(C2CC2)c1Br. The molecule has 0 atom stereocenters.